The molecule has 0 bridgehead atoms. The van der Waals surface area contributed by atoms with Gasteiger partial charge in [0.25, 0.3) is 11.6 Å². The number of nitrogens with zero attached hydrogens (tertiary/aromatic N) is 2. The summed E-state index contributed by atoms with van der Waals surface area (Å²) in [7, 11) is 0. The molecule has 0 saturated heterocycles. The van der Waals surface area contributed by atoms with Gasteiger partial charge in [0.15, 0.2) is 0 Å². The third kappa shape index (κ3) is 4.52. The van der Waals surface area contributed by atoms with Gasteiger partial charge in [-0.2, -0.15) is 5.10 Å². The van der Waals surface area contributed by atoms with Gasteiger partial charge in [-0.1, -0.05) is 23.2 Å². The van der Waals surface area contributed by atoms with Gasteiger partial charge in [-0.15, -0.1) is 0 Å². The molecule has 2 aromatic carbocycles. The van der Waals surface area contributed by atoms with Gasteiger partial charge < -0.3 is 4.42 Å². The van der Waals surface area contributed by atoms with Crippen LogP contribution in [0, 0.1) is 10.1 Å². The van der Waals surface area contributed by atoms with Crippen molar-refractivity contribution >= 4 is 41.0 Å². The Balaban J connectivity index is 1.64. The molecule has 0 aliphatic carbocycles. The Bertz CT molecular complexity index is 1030. The summed E-state index contributed by atoms with van der Waals surface area (Å²) in [5, 5.41) is 15.3. The normalized spacial score (nSPS) is 10.9. The lowest BCUT2D eigenvalue weighted by Crippen LogP contribution is -2.17. The van der Waals surface area contributed by atoms with Gasteiger partial charge in [0.2, 0.25) is 0 Å². The van der Waals surface area contributed by atoms with E-state index in [1.165, 1.54) is 30.5 Å². The summed E-state index contributed by atoms with van der Waals surface area (Å²) in [5.74, 6) is 0.481. The van der Waals surface area contributed by atoms with Gasteiger partial charge in [-0.3, -0.25) is 14.9 Å². The quantitative estimate of drug-likeness (QED) is 0.371. The molecule has 0 spiro atoms. The topological polar surface area (TPSA) is 97.7 Å². The summed E-state index contributed by atoms with van der Waals surface area (Å²) in [4.78, 5) is 22.0. The Hall–Kier alpha value is -3.16. The number of hydrazone groups is 1. The van der Waals surface area contributed by atoms with Crippen LogP contribution in [0.2, 0.25) is 10.0 Å². The maximum atomic E-state index is 12.0. The fraction of sp³-hybridized carbons (Fsp3) is 0. The van der Waals surface area contributed by atoms with Crippen LogP contribution in [0.3, 0.4) is 0 Å². The molecule has 9 heteroatoms. The van der Waals surface area contributed by atoms with E-state index in [9.17, 15) is 14.9 Å². The highest BCUT2D eigenvalue weighted by atomic mass is 35.5. The molecule has 27 heavy (non-hydrogen) atoms. The van der Waals surface area contributed by atoms with Gasteiger partial charge in [-0.25, -0.2) is 5.43 Å². The molecule has 0 aliphatic heterocycles. The first-order valence-electron chi connectivity index (χ1n) is 7.57. The monoisotopic (exact) mass is 403 g/mol. The number of carbonyl (C=O) groups excluding carboxylic acids is 1. The number of amides is 1. The van der Waals surface area contributed by atoms with E-state index in [1.54, 1.807) is 30.3 Å². The van der Waals surface area contributed by atoms with Crippen molar-refractivity contribution in [2.24, 2.45) is 5.10 Å². The minimum absolute atomic E-state index is 0.0968. The molecule has 0 atom stereocenters. The molecule has 0 unspecified atom stereocenters. The molecule has 0 fully saturated rings. The van der Waals surface area contributed by atoms with Gasteiger partial charge in [-0.05, 0) is 42.5 Å². The third-order valence-electron chi connectivity index (χ3n) is 3.53. The van der Waals surface area contributed by atoms with Crippen LogP contribution in [0.15, 0.2) is 64.1 Å². The van der Waals surface area contributed by atoms with E-state index in [0.29, 0.717) is 21.6 Å². The average Bonchev–Trinajstić information content (AvgIpc) is 3.13. The lowest BCUT2D eigenvalue weighted by molar-refractivity contribution is -0.384. The van der Waals surface area contributed by atoms with Crippen LogP contribution in [0.4, 0.5) is 5.69 Å². The van der Waals surface area contributed by atoms with Crippen LogP contribution in [0.1, 0.15) is 16.1 Å². The van der Waals surface area contributed by atoms with Crippen LogP contribution >= 0.6 is 23.2 Å². The first kappa shape index (κ1) is 18.6. The fourth-order valence-corrected chi connectivity index (χ4v) is 2.48. The van der Waals surface area contributed by atoms with Crippen molar-refractivity contribution in [3.05, 3.63) is 86.1 Å². The number of nitro benzene ring substituents is 1. The number of halogens is 2. The van der Waals surface area contributed by atoms with Crippen LogP contribution < -0.4 is 5.43 Å². The average molecular weight is 404 g/mol. The Morgan fingerprint density at radius 2 is 1.81 bits per heavy atom. The second kappa shape index (κ2) is 8.03. The van der Waals surface area contributed by atoms with Gasteiger partial charge >= 0.3 is 0 Å². The zero-order chi connectivity index (χ0) is 19.4. The molecule has 0 aliphatic rings. The zero-order valence-electron chi connectivity index (χ0n) is 13.6. The van der Waals surface area contributed by atoms with Crippen molar-refractivity contribution in [3.63, 3.8) is 0 Å². The lowest BCUT2D eigenvalue weighted by atomic mass is 10.2. The highest BCUT2D eigenvalue weighted by molar-refractivity contribution is 6.42. The number of nitro groups is 1. The summed E-state index contributed by atoms with van der Waals surface area (Å²) < 4.78 is 5.62. The summed E-state index contributed by atoms with van der Waals surface area (Å²) in [6.07, 6.45) is 1.34. The Morgan fingerprint density at radius 3 is 2.48 bits per heavy atom. The van der Waals surface area contributed by atoms with Gasteiger partial charge in [0.1, 0.15) is 11.5 Å². The predicted octanol–water partition coefficient (Wildman–Crippen LogP) is 4.93. The zero-order valence-corrected chi connectivity index (χ0v) is 15.1. The van der Waals surface area contributed by atoms with Crippen molar-refractivity contribution in [1.82, 2.24) is 5.43 Å². The van der Waals surface area contributed by atoms with Crippen LogP contribution in [-0.4, -0.2) is 17.0 Å². The number of carbonyl (C=O) groups is 1. The van der Waals surface area contributed by atoms with Crippen LogP contribution in [0.25, 0.3) is 11.3 Å². The number of hydrogen-bond acceptors (Lipinski definition) is 5. The van der Waals surface area contributed by atoms with E-state index >= 15 is 0 Å². The minimum Gasteiger partial charge on any atom is -0.455 e. The first-order valence-corrected chi connectivity index (χ1v) is 8.33. The van der Waals surface area contributed by atoms with Crippen molar-refractivity contribution in [2.75, 3.05) is 0 Å². The Kier molecular flexibility index (Phi) is 5.54. The van der Waals surface area contributed by atoms with Crippen molar-refractivity contribution < 1.29 is 14.1 Å². The largest absolute Gasteiger partial charge is 0.455 e. The first-order chi connectivity index (χ1) is 12.9. The van der Waals surface area contributed by atoms with Crippen LogP contribution in [0.5, 0.6) is 0 Å². The Morgan fingerprint density at radius 1 is 1.07 bits per heavy atom. The summed E-state index contributed by atoms with van der Waals surface area (Å²) in [6, 6.07) is 13.7. The van der Waals surface area contributed by atoms with E-state index in [0.717, 1.165) is 5.56 Å². The summed E-state index contributed by atoms with van der Waals surface area (Å²) in [5.41, 5.74) is 3.22. The molecule has 1 N–H and O–H groups in total. The number of rotatable bonds is 5. The predicted molar refractivity (Wildman–Crippen MR) is 102 cm³/mol. The van der Waals surface area contributed by atoms with Gasteiger partial charge in [0, 0.05) is 23.3 Å². The molecule has 0 saturated carbocycles. The third-order valence-corrected chi connectivity index (χ3v) is 4.27. The van der Waals surface area contributed by atoms with E-state index in [2.05, 4.69) is 10.5 Å². The molecule has 3 rings (SSSR count). The fourth-order valence-electron chi connectivity index (χ4n) is 2.18. The number of furan rings is 1. The number of non-ortho nitro benzene ring substituents is 1. The molecule has 1 aromatic heterocycles. The van der Waals surface area contributed by atoms with E-state index in [-0.39, 0.29) is 11.3 Å². The highest BCUT2D eigenvalue weighted by Gasteiger charge is 2.09. The maximum absolute atomic E-state index is 12.0. The molecule has 1 heterocycles. The molecule has 1 amide bonds. The van der Waals surface area contributed by atoms with Crippen molar-refractivity contribution in [2.45, 2.75) is 0 Å². The lowest BCUT2D eigenvalue weighted by Gasteiger charge is -2.00. The van der Waals surface area contributed by atoms with E-state index in [4.69, 9.17) is 27.6 Å². The standard InChI is InChI=1S/C18H11Cl2N3O4/c19-15-7-3-12(9-16(15)20)17-8-6-14(27-17)10-21-22-18(24)11-1-4-13(5-2-11)23(25)26/h1-10H,(H,22,24)/b21-10-. The van der Waals surface area contributed by atoms with Crippen LogP contribution in [-0.2, 0) is 0 Å². The summed E-state index contributed by atoms with van der Waals surface area (Å²) in [6.45, 7) is 0. The maximum Gasteiger partial charge on any atom is 0.271 e. The second-order valence-corrected chi connectivity index (χ2v) is 6.15. The van der Waals surface area contributed by atoms with Crippen molar-refractivity contribution in [1.29, 1.82) is 0 Å². The number of benzene rings is 2. The second-order valence-electron chi connectivity index (χ2n) is 5.33. The Labute approximate surface area is 163 Å². The summed E-state index contributed by atoms with van der Waals surface area (Å²) >= 11 is 11.9. The number of hydrogen-bond donors (Lipinski definition) is 1. The van der Waals surface area contributed by atoms with Crippen molar-refractivity contribution in [3.8, 4) is 11.3 Å². The molecule has 3 aromatic rings. The highest BCUT2D eigenvalue weighted by Crippen LogP contribution is 2.29. The van der Waals surface area contributed by atoms with E-state index < -0.39 is 10.8 Å². The molecule has 7 nitrogen and oxygen atoms in total. The molecule has 0 radical (unpaired) electrons. The minimum atomic E-state index is -0.539. The molecule has 136 valence electrons. The molecular weight excluding hydrogens is 393 g/mol. The number of nitrogens with one attached hydrogen (secondary N) is 1. The smallest absolute Gasteiger partial charge is 0.271 e. The molecular formula is C18H11Cl2N3O4. The van der Waals surface area contributed by atoms with E-state index in [1.807, 2.05) is 0 Å². The SMILES string of the molecule is O=C(N/N=C\c1ccc(-c2ccc(Cl)c(Cl)c2)o1)c1ccc([N+](=O)[O-])cc1. The van der Waals surface area contributed by atoms with Gasteiger partial charge in [0.05, 0.1) is 21.2 Å².